The van der Waals surface area contributed by atoms with E-state index in [0.717, 1.165) is 16.3 Å². The number of carbonyl (C=O) groups is 1. The fourth-order valence-electron chi connectivity index (χ4n) is 1.88. The zero-order valence-electron chi connectivity index (χ0n) is 11.2. The number of rotatable bonds is 4. The van der Waals surface area contributed by atoms with E-state index in [1.54, 1.807) is 35.9 Å². The van der Waals surface area contributed by atoms with Gasteiger partial charge in [-0.15, -0.1) is 11.3 Å². The number of nitrogens with one attached hydrogen (secondary N) is 1. The molecular formula is C16H13N3OS. The van der Waals surface area contributed by atoms with Gasteiger partial charge in [0.1, 0.15) is 5.01 Å². The molecule has 3 rings (SSSR count). The number of hydrogen-bond donors (Lipinski definition) is 1. The van der Waals surface area contributed by atoms with Gasteiger partial charge in [-0.25, -0.2) is 4.98 Å². The first-order valence-electron chi connectivity index (χ1n) is 6.51. The van der Waals surface area contributed by atoms with Crippen LogP contribution in [-0.4, -0.2) is 15.9 Å². The average molecular weight is 295 g/mol. The zero-order chi connectivity index (χ0) is 14.5. The Bertz CT molecular complexity index is 726. The van der Waals surface area contributed by atoms with E-state index < -0.39 is 0 Å². The summed E-state index contributed by atoms with van der Waals surface area (Å²) < 4.78 is 0. The minimum Gasteiger partial charge on any atom is -0.346 e. The molecule has 0 bridgehead atoms. The van der Waals surface area contributed by atoms with Crippen LogP contribution in [0, 0.1) is 0 Å². The van der Waals surface area contributed by atoms with Crippen LogP contribution in [-0.2, 0) is 6.54 Å². The molecule has 0 atom stereocenters. The molecule has 0 aliphatic rings. The Morgan fingerprint density at radius 1 is 1.10 bits per heavy atom. The van der Waals surface area contributed by atoms with Crippen LogP contribution >= 0.6 is 11.3 Å². The van der Waals surface area contributed by atoms with Crippen molar-refractivity contribution in [3.05, 3.63) is 71.5 Å². The van der Waals surface area contributed by atoms with Crippen LogP contribution in [0.15, 0.2) is 60.2 Å². The number of pyridine rings is 1. The fraction of sp³-hybridized carbons (Fsp3) is 0.0625. The molecule has 0 fully saturated rings. The van der Waals surface area contributed by atoms with Crippen LogP contribution < -0.4 is 5.32 Å². The van der Waals surface area contributed by atoms with Gasteiger partial charge in [0.05, 0.1) is 12.2 Å². The van der Waals surface area contributed by atoms with Gasteiger partial charge in [-0.3, -0.25) is 9.78 Å². The number of aromatic nitrogens is 2. The van der Waals surface area contributed by atoms with Gasteiger partial charge in [-0.05, 0) is 12.1 Å². The topological polar surface area (TPSA) is 54.9 Å². The molecule has 3 aromatic rings. The average Bonchev–Trinajstić information content (AvgIpc) is 3.03. The summed E-state index contributed by atoms with van der Waals surface area (Å²) in [5.41, 5.74) is 2.55. The Morgan fingerprint density at radius 3 is 2.62 bits per heavy atom. The molecule has 2 aromatic heterocycles. The lowest BCUT2D eigenvalue weighted by Gasteiger charge is -2.02. The number of thiazole rings is 1. The summed E-state index contributed by atoms with van der Waals surface area (Å²) in [5, 5.41) is 5.79. The van der Waals surface area contributed by atoms with Gasteiger partial charge >= 0.3 is 0 Å². The summed E-state index contributed by atoms with van der Waals surface area (Å²) in [5.74, 6) is -0.119. The smallest absolute Gasteiger partial charge is 0.251 e. The van der Waals surface area contributed by atoms with Crippen LogP contribution in [0.25, 0.3) is 10.6 Å². The van der Waals surface area contributed by atoms with Crippen LogP contribution in [0.4, 0.5) is 0 Å². The molecule has 4 nitrogen and oxygen atoms in total. The van der Waals surface area contributed by atoms with Crippen molar-refractivity contribution >= 4 is 17.2 Å². The highest BCUT2D eigenvalue weighted by atomic mass is 32.1. The molecule has 1 aromatic carbocycles. The first-order valence-corrected chi connectivity index (χ1v) is 7.39. The Balaban J connectivity index is 1.64. The maximum absolute atomic E-state index is 11.9. The molecule has 0 aliphatic heterocycles. The van der Waals surface area contributed by atoms with Gasteiger partial charge in [-0.1, -0.05) is 30.3 Å². The maximum Gasteiger partial charge on any atom is 0.251 e. The maximum atomic E-state index is 11.9. The number of benzene rings is 1. The monoisotopic (exact) mass is 295 g/mol. The van der Waals surface area contributed by atoms with Gasteiger partial charge in [-0.2, -0.15) is 0 Å². The SMILES string of the molecule is O=C(NCc1csc(-c2ccccc2)n1)c1ccncc1. The van der Waals surface area contributed by atoms with Crippen molar-refractivity contribution in [2.24, 2.45) is 0 Å². The van der Waals surface area contributed by atoms with Gasteiger partial charge < -0.3 is 5.32 Å². The van der Waals surface area contributed by atoms with E-state index in [1.807, 2.05) is 35.7 Å². The zero-order valence-corrected chi connectivity index (χ0v) is 12.0. The van der Waals surface area contributed by atoms with Crippen molar-refractivity contribution in [2.45, 2.75) is 6.54 Å². The Morgan fingerprint density at radius 2 is 1.86 bits per heavy atom. The van der Waals surface area contributed by atoms with Gasteiger partial charge in [0, 0.05) is 28.9 Å². The molecule has 0 aliphatic carbocycles. The van der Waals surface area contributed by atoms with E-state index in [2.05, 4.69) is 15.3 Å². The molecule has 0 unspecified atom stereocenters. The van der Waals surface area contributed by atoms with Crippen molar-refractivity contribution in [1.82, 2.24) is 15.3 Å². The quantitative estimate of drug-likeness (QED) is 0.804. The molecule has 1 amide bonds. The van der Waals surface area contributed by atoms with E-state index in [4.69, 9.17) is 0 Å². The third-order valence-corrected chi connectivity index (χ3v) is 3.89. The largest absolute Gasteiger partial charge is 0.346 e. The highest BCUT2D eigenvalue weighted by Gasteiger charge is 2.07. The highest BCUT2D eigenvalue weighted by molar-refractivity contribution is 7.13. The van der Waals surface area contributed by atoms with E-state index in [1.165, 1.54) is 0 Å². The minimum absolute atomic E-state index is 0.119. The number of hydrogen-bond acceptors (Lipinski definition) is 4. The second-order valence-electron chi connectivity index (χ2n) is 4.43. The van der Waals surface area contributed by atoms with E-state index in [-0.39, 0.29) is 5.91 Å². The van der Waals surface area contributed by atoms with Crippen molar-refractivity contribution in [2.75, 3.05) is 0 Å². The summed E-state index contributed by atoms with van der Waals surface area (Å²) >= 11 is 1.58. The van der Waals surface area contributed by atoms with Crippen molar-refractivity contribution in [3.8, 4) is 10.6 Å². The minimum atomic E-state index is -0.119. The normalized spacial score (nSPS) is 10.3. The molecule has 5 heteroatoms. The Labute approximate surface area is 126 Å². The van der Waals surface area contributed by atoms with Crippen LogP contribution in [0.1, 0.15) is 16.1 Å². The van der Waals surface area contributed by atoms with Gasteiger partial charge in [0.2, 0.25) is 0 Å². The van der Waals surface area contributed by atoms with Gasteiger partial charge in [0.25, 0.3) is 5.91 Å². The molecule has 0 radical (unpaired) electrons. The lowest BCUT2D eigenvalue weighted by molar-refractivity contribution is 0.0950. The Kier molecular flexibility index (Phi) is 4.02. The van der Waals surface area contributed by atoms with Gasteiger partial charge in [0.15, 0.2) is 0 Å². The molecule has 0 saturated heterocycles. The third kappa shape index (κ3) is 3.32. The molecule has 104 valence electrons. The standard InChI is InChI=1S/C16H13N3OS/c20-15(12-6-8-17-9-7-12)18-10-14-11-21-16(19-14)13-4-2-1-3-5-13/h1-9,11H,10H2,(H,18,20). The Hall–Kier alpha value is -2.53. The van der Waals surface area contributed by atoms with E-state index >= 15 is 0 Å². The summed E-state index contributed by atoms with van der Waals surface area (Å²) in [6, 6.07) is 13.4. The van der Waals surface area contributed by atoms with Crippen molar-refractivity contribution in [1.29, 1.82) is 0 Å². The predicted molar refractivity (Wildman–Crippen MR) is 83.0 cm³/mol. The van der Waals surface area contributed by atoms with E-state index in [9.17, 15) is 4.79 Å². The fourth-order valence-corrected chi connectivity index (χ4v) is 2.70. The molecule has 1 N–H and O–H groups in total. The van der Waals surface area contributed by atoms with Crippen molar-refractivity contribution in [3.63, 3.8) is 0 Å². The molecular weight excluding hydrogens is 282 g/mol. The third-order valence-electron chi connectivity index (χ3n) is 2.95. The molecule has 0 saturated carbocycles. The second-order valence-corrected chi connectivity index (χ2v) is 5.29. The van der Waals surface area contributed by atoms with Crippen LogP contribution in [0.3, 0.4) is 0 Å². The first kappa shape index (κ1) is 13.5. The van der Waals surface area contributed by atoms with Crippen molar-refractivity contribution < 1.29 is 4.79 Å². The lowest BCUT2D eigenvalue weighted by Crippen LogP contribution is -2.22. The lowest BCUT2D eigenvalue weighted by atomic mass is 10.2. The first-order chi connectivity index (χ1) is 10.3. The predicted octanol–water partition coefficient (Wildman–Crippen LogP) is 3.14. The number of carbonyl (C=O) groups excluding carboxylic acids is 1. The van der Waals surface area contributed by atoms with Crippen LogP contribution in [0.2, 0.25) is 0 Å². The molecule has 21 heavy (non-hydrogen) atoms. The summed E-state index contributed by atoms with van der Waals surface area (Å²) in [6.07, 6.45) is 3.20. The molecule has 0 spiro atoms. The highest BCUT2D eigenvalue weighted by Crippen LogP contribution is 2.23. The second kappa shape index (κ2) is 6.28. The summed E-state index contributed by atoms with van der Waals surface area (Å²) in [7, 11) is 0. The molecule has 2 heterocycles. The number of amides is 1. The summed E-state index contributed by atoms with van der Waals surface area (Å²) in [6.45, 7) is 0.421. The number of nitrogens with zero attached hydrogens (tertiary/aromatic N) is 2. The van der Waals surface area contributed by atoms with Crippen LogP contribution in [0.5, 0.6) is 0 Å². The van der Waals surface area contributed by atoms with E-state index in [0.29, 0.717) is 12.1 Å². The summed E-state index contributed by atoms with van der Waals surface area (Å²) in [4.78, 5) is 20.4.